The van der Waals surface area contributed by atoms with Crippen LogP contribution in [-0.2, 0) is 9.59 Å². The highest BCUT2D eigenvalue weighted by atomic mass is 16.1. The van der Waals surface area contributed by atoms with E-state index in [1.54, 1.807) is 12.2 Å². The molecule has 0 aromatic carbocycles. The second kappa shape index (κ2) is 4.92. The zero-order valence-electron chi connectivity index (χ0n) is 12.0. The molecule has 4 aliphatic rings. The lowest BCUT2D eigenvalue weighted by atomic mass is 9.77. The van der Waals surface area contributed by atoms with Gasteiger partial charge in [0.15, 0.2) is 11.6 Å². The third-order valence-corrected chi connectivity index (χ3v) is 4.34. The molecule has 0 heterocycles. The zero-order valence-corrected chi connectivity index (χ0v) is 12.0. The second-order valence-corrected chi connectivity index (χ2v) is 5.61. The normalized spacial score (nSPS) is 22.7. The standard InChI is InChI=1S/C20H14O2/c21-17-11-9-13-5-1-3-7-15(13)19(17)20-16-8-4-2-6-14(16)10-12-18(20)22/h1-6,9-12H,7-8H2. The van der Waals surface area contributed by atoms with Crippen molar-refractivity contribution in [3.63, 3.8) is 0 Å². The number of carbonyl (C=O) groups excluding carboxylic acids is 2. The van der Waals surface area contributed by atoms with Crippen LogP contribution in [0, 0.1) is 0 Å². The second-order valence-electron chi connectivity index (χ2n) is 5.61. The van der Waals surface area contributed by atoms with Crippen molar-refractivity contribution in [2.75, 3.05) is 0 Å². The zero-order chi connectivity index (χ0) is 15.1. The number of carbonyl (C=O) groups is 2. The Morgan fingerprint density at radius 1 is 0.636 bits per heavy atom. The van der Waals surface area contributed by atoms with E-state index in [0.29, 0.717) is 24.0 Å². The van der Waals surface area contributed by atoms with Crippen LogP contribution in [0.4, 0.5) is 0 Å². The van der Waals surface area contributed by atoms with Gasteiger partial charge in [-0.2, -0.15) is 0 Å². The van der Waals surface area contributed by atoms with E-state index in [1.165, 1.54) is 0 Å². The number of hydrogen-bond donors (Lipinski definition) is 0. The van der Waals surface area contributed by atoms with Crippen LogP contribution >= 0.6 is 0 Å². The fraction of sp³-hybridized carbons (Fsp3) is 0.100. The summed E-state index contributed by atoms with van der Waals surface area (Å²) in [6, 6.07) is 0. The van der Waals surface area contributed by atoms with Crippen LogP contribution in [0.3, 0.4) is 0 Å². The predicted molar refractivity (Wildman–Crippen MR) is 86.0 cm³/mol. The Kier molecular flexibility index (Phi) is 2.90. The average Bonchev–Trinajstić information content (AvgIpc) is 2.56. The predicted octanol–water partition coefficient (Wildman–Crippen LogP) is 3.63. The highest BCUT2D eigenvalue weighted by molar-refractivity contribution is 6.22. The van der Waals surface area contributed by atoms with Crippen molar-refractivity contribution in [2.45, 2.75) is 12.8 Å². The van der Waals surface area contributed by atoms with E-state index in [2.05, 4.69) is 0 Å². The van der Waals surface area contributed by atoms with Crippen molar-refractivity contribution in [3.8, 4) is 0 Å². The molecule has 0 aromatic heterocycles. The lowest BCUT2D eigenvalue weighted by Crippen LogP contribution is -2.20. The largest absolute Gasteiger partial charge is 0.289 e. The fourth-order valence-corrected chi connectivity index (χ4v) is 3.30. The first-order valence-corrected chi connectivity index (χ1v) is 7.41. The van der Waals surface area contributed by atoms with Crippen molar-refractivity contribution in [2.24, 2.45) is 0 Å². The first-order chi connectivity index (χ1) is 10.8. The number of rotatable bonds is 1. The number of hydrogen-bond acceptors (Lipinski definition) is 2. The summed E-state index contributed by atoms with van der Waals surface area (Å²) < 4.78 is 0. The van der Waals surface area contributed by atoms with Crippen LogP contribution in [0.5, 0.6) is 0 Å². The van der Waals surface area contributed by atoms with Crippen LogP contribution in [0.25, 0.3) is 0 Å². The Morgan fingerprint density at radius 3 is 1.55 bits per heavy atom. The SMILES string of the molecule is O=C1C=CC2=CC=CCC2=C1C1=C2CC=CC=C2C=CC1=O. The molecule has 0 aliphatic heterocycles. The molecular formula is C20H14O2. The highest BCUT2D eigenvalue weighted by Gasteiger charge is 2.30. The fourth-order valence-electron chi connectivity index (χ4n) is 3.30. The van der Waals surface area contributed by atoms with Crippen LogP contribution < -0.4 is 0 Å². The third-order valence-electron chi connectivity index (χ3n) is 4.34. The molecule has 0 bridgehead atoms. The molecule has 22 heavy (non-hydrogen) atoms. The minimum atomic E-state index is -0.0671. The van der Waals surface area contributed by atoms with Gasteiger partial charge in [-0.1, -0.05) is 48.6 Å². The molecule has 0 N–H and O–H groups in total. The van der Waals surface area contributed by atoms with Gasteiger partial charge in [-0.15, -0.1) is 0 Å². The summed E-state index contributed by atoms with van der Waals surface area (Å²) in [6.45, 7) is 0. The van der Waals surface area contributed by atoms with Crippen LogP contribution in [-0.4, -0.2) is 11.6 Å². The lowest BCUT2D eigenvalue weighted by Gasteiger charge is -2.25. The molecule has 0 saturated carbocycles. The van der Waals surface area contributed by atoms with Gasteiger partial charge >= 0.3 is 0 Å². The monoisotopic (exact) mass is 286 g/mol. The van der Waals surface area contributed by atoms with Crippen molar-refractivity contribution >= 4 is 11.6 Å². The summed E-state index contributed by atoms with van der Waals surface area (Å²) >= 11 is 0. The summed E-state index contributed by atoms with van der Waals surface area (Å²) in [5.74, 6) is -0.134. The Bertz CT molecular complexity index is 774. The minimum absolute atomic E-state index is 0.0671. The van der Waals surface area contributed by atoms with Crippen molar-refractivity contribution in [1.29, 1.82) is 0 Å². The molecule has 2 heteroatoms. The quantitative estimate of drug-likeness (QED) is 0.737. The minimum Gasteiger partial charge on any atom is -0.289 e. The van der Waals surface area contributed by atoms with Crippen LogP contribution in [0.1, 0.15) is 12.8 Å². The van der Waals surface area contributed by atoms with Gasteiger partial charge in [0.1, 0.15) is 0 Å². The Hall–Kier alpha value is -2.74. The average molecular weight is 286 g/mol. The molecule has 0 spiro atoms. The lowest BCUT2D eigenvalue weighted by molar-refractivity contribution is -0.114. The van der Waals surface area contributed by atoms with Crippen molar-refractivity contribution in [3.05, 3.63) is 94.2 Å². The topological polar surface area (TPSA) is 34.1 Å². The van der Waals surface area contributed by atoms with E-state index in [-0.39, 0.29) is 11.6 Å². The van der Waals surface area contributed by atoms with Crippen LogP contribution in [0.2, 0.25) is 0 Å². The number of allylic oxidation sites excluding steroid dienone is 16. The molecule has 0 aromatic rings. The van der Waals surface area contributed by atoms with E-state index >= 15 is 0 Å². The smallest absolute Gasteiger partial charge is 0.186 e. The molecule has 4 aliphatic carbocycles. The molecule has 4 rings (SSSR count). The molecule has 0 radical (unpaired) electrons. The van der Waals surface area contributed by atoms with E-state index in [1.807, 2.05) is 48.6 Å². The van der Waals surface area contributed by atoms with Gasteiger partial charge in [-0.05, 0) is 47.3 Å². The molecule has 2 nitrogen and oxygen atoms in total. The summed E-state index contributed by atoms with van der Waals surface area (Å²) in [5.41, 5.74) is 5.17. The molecule has 106 valence electrons. The maximum atomic E-state index is 12.5. The molecular weight excluding hydrogens is 272 g/mol. The molecule has 0 unspecified atom stereocenters. The van der Waals surface area contributed by atoms with Gasteiger partial charge in [0.05, 0.1) is 0 Å². The van der Waals surface area contributed by atoms with Crippen molar-refractivity contribution in [1.82, 2.24) is 0 Å². The molecule has 0 atom stereocenters. The summed E-state index contributed by atoms with van der Waals surface area (Å²) in [4.78, 5) is 25.0. The van der Waals surface area contributed by atoms with Gasteiger partial charge in [0.2, 0.25) is 0 Å². The molecule has 0 amide bonds. The molecule has 0 fully saturated rings. The van der Waals surface area contributed by atoms with E-state index in [0.717, 1.165) is 22.3 Å². The van der Waals surface area contributed by atoms with Gasteiger partial charge in [-0.3, -0.25) is 9.59 Å². The van der Waals surface area contributed by atoms with E-state index in [9.17, 15) is 9.59 Å². The first-order valence-electron chi connectivity index (χ1n) is 7.41. The Balaban J connectivity index is 1.97. The van der Waals surface area contributed by atoms with Crippen molar-refractivity contribution < 1.29 is 9.59 Å². The number of fused-ring (bicyclic) bond motifs is 2. The maximum Gasteiger partial charge on any atom is 0.186 e. The highest BCUT2D eigenvalue weighted by Crippen LogP contribution is 2.38. The van der Waals surface area contributed by atoms with Gasteiger partial charge in [0, 0.05) is 11.1 Å². The van der Waals surface area contributed by atoms with Gasteiger partial charge in [0.25, 0.3) is 0 Å². The van der Waals surface area contributed by atoms with E-state index < -0.39 is 0 Å². The van der Waals surface area contributed by atoms with E-state index in [4.69, 9.17) is 0 Å². The summed E-state index contributed by atoms with van der Waals surface area (Å²) in [7, 11) is 0. The Labute approximate surface area is 128 Å². The maximum absolute atomic E-state index is 12.5. The van der Waals surface area contributed by atoms with Gasteiger partial charge in [-0.25, -0.2) is 0 Å². The third kappa shape index (κ3) is 1.88. The van der Waals surface area contributed by atoms with Crippen LogP contribution in [0.15, 0.2) is 94.2 Å². The van der Waals surface area contributed by atoms with Gasteiger partial charge < -0.3 is 0 Å². The Morgan fingerprint density at radius 2 is 1.09 bits per heavy atom. The molecule has 0 saturated heterocycles. The number of ketones is 2. The summed E-state index contributed by atoms with van der Waals surface area (Å²) in [6.07, 6.45) is 20.2. The first kappa shape index (κ1) is 13.0. The summed E-state index contributed by atoms with van der Waals surface area (Å²) in [5, 5.41) is 0.